The molecule has 2 aromatic rings. The Kier molecular flexibility index (Phi) is 4.58. The second-order valence-corrected chi connectivity index (χ2v) is 5.84. The summed E-state index contributed by atoms with van der Waals surface area (Å²) in [5, 5.41) is 17.7. The minimum Gasteiger partial charge on any atom is -0.384 e. The second kappa shape index (κ2) is 6.01. The summed E-state index contributed by atoms with van der Waals surface area (Å²) < 4.78 is 13.5. The van der Waals surface area contributed by atoms with Crippen molar-refractivity contribution in [3.05, 3.63) is 57.0 Å². The van der Waals surface area contributed by atoms with E-state index in [0.717, 1.165) is 5.56 Å². The normalized spacial score (nSPS) is 14.3. The van der Waals surface area contributed by atoms with Gasteiger partial charge >= 0.3 is 0 Å². The first kappa shape index (κ1) is 14.5. The fourth-order valence-corrected chi connectivity index (χ4v) is 2.77. The molecule has 0 saturated carbocycles. The lowest BCUT2D eigenvalue weighted by molar-refractivity contribution is 0.0570. The number of aliphatic hydroxyl groups is 1. The summed E-state index contributed by atoms with van der Waals surface area (Å²) in [5.74, 6) is -0.299. The lowest BCUT2D eigenvalue weighted by Crippen LogP contribution is -2.34. The Labute approximate surface area is 120 Å². The monoisotopic (exact) mass is 299 g/mol. The maximum absolute atomic E-state index is 13.5. The summed E-state index contributed by atoms with van der Waals surface area (Å²) >= 11 is 7.36. The van der Waals surface area contributed by atoms with Crippen LogP contribution in [-0.2, 0) is 12.1 Å². The van der Waals surface area contributed by atoms with Crippen LogP contribution in [0.1, 0.15) is 18.1 Å². The van der Waals surface area contributed by atoms with E-state index in [-0.39, 0.29) is 5.82 Å². The van der Waals surface area contributed by atoms with Crippen LogP contribution in [0.15, 0.2) is 35.0 Å². The van der Waals surface area contributed by atoms with Crippen LogP contribution in [0.4, 0.5) is 4.39 Å². The molecule has 0 aliphatic rings. The van der Waals surface area contributed by atoms with Crippen LogP contribution in [0.25, 0.3) is 0 Å². The lowest BCUT2D eigenvalue weighted by Gasteiger charge is -2.23. The van der Waals surface area contributed by atoms with Crippen LogP contribution in [0.5, 0.6) is 0 Å². The van der Waals surface area contributed by atoms with Gasteiger partial charge in [0.2, 0.25) is 0 Å². The fourth-order valence-electron chi connectivity index (χ4n) is 1.79. The summed E-state index contributed by atoms with van der Waals surface area (Å²) in [6, 6.07) is 6.33. The van der Waals surface area contributed by atoms with Crippen LogP contribution in [0, 0.1) is 5.82 Å². The summed E-state index contributed by atoms with van der Waals surface area (Å²) in [5.41, 5.74) is 0.389. The quantitative estimate of drug-likeness (QED) is 0.885. The van der Waals surface area contributed by atoms with Crippen molar-refractivity contribution in [2.75, 3.05) is 6.54 Å². The zero-order valence-corrected chi connectivity index (χ0v) is 12.1. The van der Waals surface area contributed by atoms with Gasteiger partial charge in [0.25, 0.3) is 0 Å². The Hall–Kier alpha value is -0.940. The molecule has 0 amide bonds. The third-order valence-corrected chi connectivity index (χ3v) is 3.85. The van der Waals surface area contributed by atoms with Gasteiger partial charge in [-0.2, -0.15) is 11.3 Å². The number of thiophene rings is 1. The van der Waals surface area contributed by atoms with Crippen LogP contribution >= 0.6 is 22.9 Å². The van der Waals surface area contributed by atoms with E-state index in [0.29, 0.717) is 23.7 Å². The van der Waals surface area contributed by atoms with Gasteiger partial charge in [0.05, 0.1) is 5.60 Å². The van der Waals surface area contributed by atoms with Gasteiger partial charge in [-0.15, -0.1) is 0 Å². The van der Waals surface area contributed by atoms with Gasteiger partial charge in [-0.05, 0) is 47.5 Å². The highest BCUT2D eigenvalue weighted by molar-refractivity contribution is 7.08. The van der Waals surface area contributed by atoms with E-state index in [2.05, 4.69) is 5.32 Å². The molecule has 2 nitrogen and oxygen atoms in total. The van der Waals surface area contributed by atoms with Crippen molar-refractivity contribution < 1.29 is 9.50 Å². The Morgan fingerprint density at radius 3 is 2.89 bits per heavy atom. The van der Waals surface area contributed by atoms with E-state index >= 15 is 0 Å². The Balaban J connectivity index is 1.95. The second-order valence-electron chi connectivity index (χ2n) is 4.63. The van der Waals surface area contributed by atoms with Crippen molar-refractivity contribution in [1.82, 2.24) is 5.32 Å². The summed E-state index contributed by atoms with van der Waals surface area (Å²) in [7, 11) is 0. The van der Waals surface area contributed by atoms with Crippen LogP contribution in [0.2, 0.25) is 5.02 Å². The third-order valence-electron chi connectivity index (χ3n) is 2.94. The molecule has 1 aromatic carbocycles. The van der Waals surface area contributed by atoms with Crippen LogP contribution in [-0.4, -0.2) is 11.7 Å². The highest BCUT2D eigenvalue weighted by Gasteiger charge is 2.22. The minimum absolute atomic E-state index is 0.299. The molecular formula is C14H15ClFNOS. The lowest BCUT2D eigenvalue weighted by atomic mass is 9.99. The molecule has 0 fully saturated rings. The number of halogens is 2. The molecule has 1 heterocycles. The maximum atomic E-state index is 13.5. The van der Waals surface area contributed by atoms with E-state index in [1.807, 2.05) is 16.8 Å². The summed E-state index contributed by atoms with van der Waals surface area (Å²) in [6.07, 6.45) is 0. The molecule has 0 radical (unpaired) electrons. The van der Waals surface area contributed by atoms with Gasteiger partial charge in [0.15, 0.2) is 0 Å². The van der Waals surface area contributed by atoms with Crippen molar-refractivity contribution in [3.63, 3.8) is 0 Å². The maximum Gasteiger partial charge on any atom is 0.127 e. The van der Waals surface area contributed by atoms with E-state index in [1.165, 1.54) is 23.5 Å². The molecule has 0 aliphatic heterocycles. The molecule has 19 heavy (non-hydrogen) atoms. The molecule has 0 saturated heterocycles. The minimum atomic E-state index is -0.963. The van der Waals surface area contributed by atoms with Crippen molar-refractivity contribution in [2.24, 2.45) is 0 Å². The standard InChI is InChI=1S/C14H15ClFNOS/c1-14(18,11-4-5-19-8-11)9-17-7-10-6-12(15)2-3-13(10)16/h2-6,8,17-18H,7,9H2,1H3. The summed E-state index contributed by atoms with van der Waals surface area (Å²) in [4.78, 5) is 0. The van der Waals surface area contributed by atoms with Gasteiger partial charge in [-0.25, -0.2) is 4.39 Å². The molecule has 0 spiro atoms. The highest BCUT2D eigenvalue weighted by atomic mass is 35.5. The Morgan fingerprint density at radius 1 is 1.42 bits per heavy atom. The Morgan fingerprint density at radius 2 is 2.21 bits per heavy atom. The number of nitrogens with one attached hydrogen (secondary N) is 1. The molecule has 1 atom stereocenters. The average Bonchev–Trinajstić information content (AvgIpc) is 2.88. The molecule has 1 aromatic heterocycles. The first-order valence-electron chi connectivity index (χ1n) is 5.89. The molecule has 2 N–H and O–H groups in total. The van der Waals surface area contributed by atoms with Gasteiger partial charge in [-0.1, -0.05) is 11.6 Å². The van der Waals surface area contributed by atoms with Gasteiger partial charge in [0.1, 0.15) is 5.82 Å². The average molecular weight is 300 g/mol. The van der Waals surface area contributed by atoms with E-state index in [9.17, 15) is 9.50 Å². The van der Waals surface area contributed by atoms with Crippen molar-refractivity contribution >= 4 is 22.9 Å². The molecule has 1 unspecified atom stereocenters. The zero-order chi connectivity index (χ0) is 13.9. The predicted molar refractivity (Wildman–Crippen MR) is 77.0 cm³/mol. The number of benzene rings is 1. The SMILES string of the molecule is CC(O)(CNCc1cc(Cl)ccc1F)c1ccsc1. The molecule has 102 valence electrons. The van der Waals surface area contributed by atoms with Crippen LogP contribution in [0.3, 0.4) is 0 Å². The van der Waals surface area contributed by atoms with E-state index in [4.69, 9.17) is 11.6 Å². The summed E-state index contributed by atoms with van der Waals surface area (Å²) in [6.45, 7) is 2.40. The van der Waals surface area contributed by atoms with Gasteiger partial charge in [-0.3, -0.25) is 0 Å². The Bertz CT molecular complexity index is 542. The first-order valence-corrected chi connectivity index (χ1v) is 7.21. The van der Waals surface area contributed by atoms with Gasteiger partial charge in [0, 0.05) is 23.7 Å². The number of hydrogen-bond donors (Lipinski definition) is 2. The third kappa shape index (κ3) is 3.76. The largest absolute Gasteiger partial charge is 0.384 e. The van der Waals surface area contributed by atoms with Crippen molar-refractivity contribution in [1.29, 1.82) is 0 Å². The number of hydrogen-bond acceptors (Lipinski definition) is 3. The van der Waals surface area contributed by atoms with Gasteiger partial charge < -0.3 is 10.4 Å². The molecular weight excluding hydrogens is 285 g/mol. The van der Waals surface area contributed by atoms with Crippen LogP contribution < -0.4 is 5.32 Å². The van der Waals surface area contributed by atoms with E-state index < -0.39 is 5.60 Å². The number of rotatable bonds is 5. The molecule has 5 heteroatoms. The fraction of sp³-hybridized carbons (Fsp3) is 0.286. The van der Waals surface area contributed by atoms with Crippen molar-refractivity contribution in [2.45, 2.75) is 19.1 Å². The highest BCUT2D eigenvalue weighted by Crippen LogP contribution is 2.22. The van der Waals surface area contributed by atoms with E-state index in [1.54, 1.807) is 13.0 Å². The zero-order valence-electron chi connectivity index (χ0n) is 10.5. The molecule has 0 aliphatic carbocycles. The smallest absolute Gasteiger partial charge is 0.127 e. The topological polar surface area (TPSA) is 32.3 Å². The predicted octanol–water partition coefficient (Wildman–Crippen LogP) is 3.54. The molecule has 0 bridgehead atoms. The first-order chi connectivity index (χ1) is 8.99. The van der Waals surface area contributed by atoms with Crippen molar-refractivity contribution in [3.8, 4) is 0 Å². The molecule has 2 rings (SSSR count).